The van der Waals surface area contributed by atoms with E-state index < -0.39 is 0 Å². The summed E-state index contributed by atoms with van der Waals surface area (Å²) in [5.41, 5.74) is 0. The first-order valence-electron chi connectivity index (χ1n) is 6.60. The Balaban J connectivity index is 2.04. The summed E-state index contributed by atoms with van der Waals surface area (Å²) in [6.45, 7) is 1.29. The lowest BCUT2D eigenvalue weighted by molar-refractivity contribution is -0.131. The van der Waals surface area contributed by atoms with E-state index in [1.165, 1.54) is 0 Å². The average Bonchev–Trinajstić information content (AvgIpc) is 2.47. The molecule has 0 N–H and O–H groups in total. The number of anilines is 1. The van der Waals surface area contributed by atoms with Crippen LogP contribution in [0.4, 0.5) is 5.82 Å². The van der Waals surface area contributed by atoms with Crippen molar-refractivity contribution in [2.75, 3.05) is 38.0 Å². The number of hydrogen-bond acceptors (Lipinski definition) is 5. The molecule has 1 saturated heterocycles. The minimum atomic E-state index is -0.0636. The number of carbonyl (C=O) groups excluding carboxylic acids is 1. The second-order valence-corrected chi connectivity index (χ2v) is 5.20. The highest BCUT2D eigenvalue weighted by Gasteiger charge is 2.25. The molecule has 0 bridgehead atoms. The molecule has 2 rings (SSSR count). The van der Waals surface area contributed by atoms with Gasteiger partial charge in [0.25, 0.3) is 5.88 Å². The van der Waals surface area contributed by atoms with Crippen molar-refractivity contribution in [1.29, 1.82) is 0 Å². The summed E-state index contributed by atoms with van der Waals surface area (Å²) in [4.78, 5) is 23.7. The number of amides is 1. The van der Waals surface area contributed by atoms with Crippen LogP contribution in [0.25, 0.3) is 0 Å². The van der Waals surface area contributed by atoms with Gasteiger partial charge in [-0.2, -0.15) is 0 Å². The smallest absolute Gasteiger partial charge is 0.257 e. The maximum atomic E-state index is 11.6. The molecular formula is C13H19ClN4O2. The predicted octanol–water partition coefficient (Wildman–Crippen LogP) is 1.15. The Bertz CT molecular complexity index is 469. The van der Waals surface area contributed by atoms with Crippen LogP contribution in [-0.2, 0) is 4.79 Å². The molecule has 6 nitrogen and oxygen atoms in total. The van der Waals surface area contributed by atoms with Crippen molar-refractivity contribution in [3.63, 3.8) is 0 Å². The molecule has 1 aromatic rings. The van der Waals surface area contributed by atoms with Gasteiger partial charge in [-0.25, -0.2) is 9.97 Å². The molecule has 0 aromatic carbocycles. The van der Waals surface area contributed by atoms with Crippen LogP contribution in [0.2, 0.25) is 0 Å². The van der Waals surface area contributed by atoms with Gasteiger partial charge in [-0.1, -0.05) is 0 Å². The second-order valence-electron chi connectivity index (χ2n) is 4.94. The highest BCUT2D eigenvalue weighted by molar-refractivity contribution is 6.27. The number of carbonyl (C=O) groups is 1. The molecule has 1 aromatic heterocycles. The molecular weight excluding hydrogens is 280 g/mol. The van der Waals surface area contributed by atoms with Crippen LogP contribution in [0, 0.1) is 0 Å². The van der Waals surface area contributed by atoms with Crippen LogP contribution >= 0.6 is 11.6 Å². The fourth-order valence-electron chi connectivity index (χ4n) is 2.21. The van der Waals surface area contributed by atoms with E-state index in [9.17, 15) is 4.79 Å². The highest BCUT2D eigenvalue weighted by Crippen LogP contribution is 2.24. The van der Waals surface area contributed by atoms with Gasteiger partial charge in [0.05, 0.1) is 6.54 Å². The Hall–Kier alpha value is -1.56. The van der Waals surface area contributed by atoms with E-state index in [1.54, 1.807) is 17.3 Å². The number of rotatable bonds is 4. The van der Waals surface area contributed by atoms with Crippen molar-refractivity contribution in [1.82, 2.24) is 14.9 Å². The van der Waals surface area contributed by atoms with Crippen molar-refractivity contribution in [2.24, 2.45) is 0 Å². The number of aromatic nitrogens is 2. The van der Waals surface area contributed by atoms with Crippen LogP contribution in [0.5, 0.6) is 5.88 Å². The summed E-state index contributed by atoms with van der Waals surface area (Å²) in [7, 11) is 3.78. The molecule has 0 spiro atoms. The Morgan fingerprint density at radius 3 is 2.95 bits per heavy atom. The molecule has 20 heavy (non-hydrogen) atoms. The fourth-order valence-corrected chi connectivity index (χ4v) is 2.38. The molecule has 7 heteroatoms. The quantitative estimate of drug-likeness (QED) is 0.781. The summed E-state index contributed by atoms with van der Waals surface area (Å²) in [6, 6.07) is 0. The molecule has 110 valence electrons. The number of hydrogen-bond donors (Lipinski definition) is 0. The SMILES string of the molecule is CN(C)c1nccnc1OC1CCCN(C(=O)CCl)C1. The van der Waals surface area contributed by atoms with Crippen LogP contribution in [0.1, 0.15) is 12.8 Å². The molecule has 0 aliphatic carbocycles. The standard InChI is InChI=1S/C13H19ClN4O2/c1-17(2)12-13(16-6-5-15-12)20-10-4-3-7-18(9-10)11(19)8-14/h5-6,10H,3-4,7-9H2,1-2H3. The van der Waals surface area contributed by atoms with Gasteiger partial charge in [-0.05, 0) is 12.8 Å². The summed E-state index contributed by atoms with van der Waals surface area (Å²) in [6.07, 6.45) is 4.98. The van der Waals surface area contributed by atoms with Crippen molar-refractivity contribution in [2.45, 2.75) is 18.9 Å². The Labute approximate surface area is 123 Å². The summed E-state index contributed by atoms with van der Waals surface area (Å²) >= 11 is 5.60. The van der Waals surface area contributed by atoms with Gasteiger partial charge in [0.1, 0.15) is 12.0 Å². The number of likely N-dealkylation sites (tertiary alicyclic amines) is 1. The van der Waals surface area contributed by atoms with Gasteiger partial charge in [0, 0.05) is 33.0 Å². The lowest BCUT2D eigenvalue weighted by atomic mass is 10.1. The van der Waals surface area contributed by atoms with E-state index in [1.807, 2.05) is 19.0 Å². The molecule has 1 amide bonds. The van der Waals surface area contributed by atoms with Gasteiger partial charge < -0.3 is 14.5 Å². The van der Waals surface area contributed by atoms with Gasteiger partial charge in [0.15, 0.2) is 5.82 Å². The average molecular weight is 299 g/mol. The Morgan fingerprint density at radius 1 is 1.50 bits per heavy atom. The van der Waals surface area contributed by atoms with Gasteiger partial charge in [0.2, 0.25) is 5.91 Å². The van der Waals surface area contributed by atoms with Crippen LogP contribution in [0.15, 0.2) is 12.4 Å². The maximum absolute atomic E-state index is 11.6. The largest absolute Gasteiger partial charge is 0.470 e. The molecule has 1 fully saturated rings. The number of nitrogens with zero attached hydrogens (tertiary/aromatic N) is 4. The molecule has 1 atom stereocenters. The first-order valence-corrected chi connectivity index (χ1v) is 7.14. The Kier molecular flexibility index (Phi) is 5.00. The molecule has 0 saturated carbocycles. The first-order chi connectivity index (χ1) is 9.61. The predicted molar refractivity (Wildman–Crippen MR) is 77.3 cm³/mol. The number of halogens is 1. The van der Waals surface area contributed by atoms with E-state index in [4.69, 9.17) is 16.3 Å². The Morgan fingerprint density at radius 2 is 2.25 bits per heavy atom. The van der Waals surface area contributed by atoms with Crippen molar-refractivity contribution in [3.05, 3.63) is 12.4 Å². The molecule has 1 aliphatic heterocycles. The van der Waals surface area contributed by atoms with E-state index in [0.29, 0.717) is 18.2 Å². The molecule has 1 aliphatic rings. The summed E-state index contributed by atoms with van der Waals surface area (Å²) in [5, 5.41) is 0. The van der Waals surface area contributed by atoms with Crippen molar-refractivity contribution >= 4 is 23.3 Å². The van der Waals surface area contributed by atoms with Gasteiger partial charge in [-0.3, -0.25) is 4.79 Å². The summed E-state index contributed by atoms with van der Waals surface area (Å²) in [5.74, 6) is 1.16. The van der Waals surface area contributed by atoms with Crippen molar-refractivity contribution < 1.29 is 9.53 Å². The van der Waals surface area contributed by atoms with E-state index in [2.05, 4.69) is 9.97 Å². The summed E-state index contributed by atoms with van der Waals surface area (Å²) < 4.78 is 5.92. The third kappa shape index (κ3) is 3.50. The number of alkyl halides is 1. The van der Waals surface area contributed by atoms with Crippen molar-refractivity contribution in [3.8, 4) is 5.88 Å². The zero-order valence-electron chi connectivity index (χ0n) is 11.8. The van der Waals surface area contributed by atoms with E-state index in [-0.39, 0.29) is 17.9 Å². The van der Waals surface area contributed by atoms with E-state index in [0.717, 1.165) is 19.4 Å². The van der Waals surface area contributed by atoms with E-state index >= 15 is 0 Å². The third-order valence-electron chi connectivity index (χ3n) is 3.19. The lowest BCUT2D eigenvalue weighted by Gasteiger charge is -2.32. The monoisotopic (exact) mass is 298 g/mol. The fraction of sp³-hybridized carbons (Fsp3) is 0.615. The normalized spacial score (nSPS) is 18.8. The number of ether oxygens (including phenoxy) is 1. The van der Waals surface area contributed by atoms with Crippen LogP contribution in [0.3, 0.4) is 0 Å². The number of piperidine rings is 1. The molecule has 2 heterocycles. The maximum Gasteiger partial charge on any atom is 0.257 e. The molecule has 1 unspecified atom stereocenters. The topological polar surface area (TPSA) is 58.6 Å². The zero-order valence-corrected chi connectivity index (χ0v) is 12.5. The van der Waals surface area contributed by atoms with Gasteiger partial charge >= 0.3 is 0 Å². The van der Waals surface area contributed by atoms with Crippen LogP contribution < -0.4 is 9.64 Å². The minimum Gasteiger partial charge on any atom is -0.470 e. The molecule has 0 radical (unpaired) electrons. The minimum absolute atomic E-state index is 0.0147. The third-order valence-corrected chi connectivity index (χ3v) is 3.42. The van der Waals surface area contributed by atoms with Crippen LogP contribution in [-0.4, -0.2) is 59.9 Å². The van der Waals surface area contributed by atoms with Gasteiger partial charge in [-0.15, -0.1) is 11.6 Å². The lowest BCUT2D eigenvalue weighted by Crippen LogP contribution is -2.45. The second kappa shape index (κ2) is 6.74. The first kappa shape index (κ1) is 14.8. The highest BCUT2D eigenvalue weighted by atomic mass is 35.5. The zero-order chi connectivity index (χ0) is 14.5.